The highest BCUT2D eigenvalue weighted by molar-refractivity contribution is 7.92. The first-order valence-electron chi connectivity index (χ1n) is 19.0. The molecule has 61 heavy (non-hydrogen) atoms. The second-order valence-corrected chi connectivity index (χ2v) is 18.7. The number of aryl methyl sites for hydroxylation is 1. The highest BCUT2D eigenvalue weighted by atomic mass is 32.2. The van der Waals surface area contributed by atoms with Crippen LogP contribution in [-0.2, 0) is 46.9 Å². The van der Waals surface area contributed by atoms with E-state index in [-0.39, 0.29) is 29.1 Å². The maximum absolute atomic E-state index is 15.3. The molecule has 0 bridgehead atoms. The Morgan fingerprint density at radius 1 is 1.05 bits per heavy atom. The van der Waals surface area contributed by atoms with Crippen LogP contribution in [0.25, 0.3) is 32.4 Å². The Morgan fingerprint density at radius 3 is 2.39 bits per heavy atom. The molecular formula is C39H38F7N9O4S2. The molecule has 1 aliphatic carbocycles. The number of hydrogen-bond acceptors (Lipinski definition) is 10. The van der Waals surface area contributed by atoms with E-state index in [2.05, 4.69) is 20.2 Å². The molecule has 0 saturated carbocycles. The summed E-state index contributed by atoms with van der Waals surface area (Å²) < 4.78 is 132. The quantitative estimate of drug-likeness (QED) is 0.121. The van der Waals surface area contributed by atoms with Gasteiger partial charge in [0.15, 0.2) is 22.3 Å². The molecule has 2 aliphatic rings. The third-order valence-electron chi connectivity index (χ3n) is 10.9. The Balaban J connectivity index is 1.29. The van der Waals surface area contributed by atoms with E-state index >= 15 is 8.78 Å². The van der Waals surface area contributed by atoms with Crippen molar-refractivity contribution in [1.29, 1.82) is 0 Å². The lowest BCUT2D eigenvalue weighted by Crippen LogP contribution is -2.42. The van der Waals surface area contributed by atoms with Gasteiger partial charge in [0.05, 0.1) is 33.8 Å². The van der Waals surface area contributed by atoms with Crippen molar-refractivity contribution in [2.24, 2.45) is 7.05 Å². The van der Waals surface area contributed by atoms with Gasteiger partial charge in [-0.05, 0) is 61.9 Å². The third kappa shape index (κ3) is 8.36. The number of piperidine rings is 1. The number of fused-ring (bicyclic) bond motifs is 3. The lowest BCUT2D eigenvalue weighted by molar-refractivity contribution is -0.142. The lowest BCUT2D eigenvalue weighted by atomic mass is 9.94. The van der Waals surface area contributed by atoms with Crippen LogP contribution in [0.2, 0.25) is 0 Å². The molecule has 324 valence electrons. The number of benzene rings is 2. The number of aromatic nitrogens is 6. The van der Waals surface area contributed by atoms with Crippen LogP contribution in [0.5, 0.6) is 0 Å². The van der Waals surface area contributed by atoms with Gasteiger partial charge in [0, 0.05) is 54.7 Å². The monoisotopic (exact) mass is 893 g/mol. The lowest BCUT2D eigenvalue weighted by Gasteiger charge is -2.35. The molecule has 6 aromatic rings. The number of carbonyl (C=O) groups excluding carboxylic acids is 1. The number of amides is 1. The average molecular weight is 894 g/mol. The van der Waals surface area contributed by atoms with E-state index in [4.69, 9.17) is 9.97 Å². The van der Waals surface area contributed by atoms with E-state index in [9.17, 15) is 40.3 Å². The minimum absolute atomic E-state index is 0.00897. The molecule has 2 aromatic carbocycles. The van der Waals surface area contributed by atoms with Crippen molar-refractivity contribution in [1.82, 2.24) is 34.8 Å². The first kappa shape index (κ1) is 42.3. The Labute approximate surface area is 347 Å². The summed E-state index contributed by atoms with van der Waals surface area (Å²) in [6.07, 6.45) is -4.48. The van der Waals surface area contributed by atoms with Gasteiger partial charge in [0.2, 0.25) is 15.9 Å². The Morgan fingerprint density at radius 2 is 1.74 bits per heavy atom. The van der Waals surface area contributed by atoms with E-state index in [0.717, 1.165) is 18.4 Å². The normalized spacial score (nSPS) is 18.2. The topological polar surface area (TPSA) is 160 Å². The summed E-state index contributed by atoms with van der Waals surface area (Å²) in [5.41, 5.74) is -2.66. The standard InChI is InChI=1S/C39H38F7N9O4S2/c1-19-17-38(42,43)33-29(19)32(39(44,45)46)50-55(33)18-28(56)47-26(14-20-12-21(40)15-22(41)13-20)30-25(23-6-5-7-24-31(23)53(3)51-34(24)52-61(4,58)59)16-27-35(48-30)49-36(60-27)54-10-8-37(2,57)9-11-54/h5-7,12-13,15-16,19,26,57H,8-11,14,17-18H2,1-4H3,(H,47,56)(H,51,52)/t19-,26?/m0/s1. The Hall–Kier alpha value is -5.35. The van der Waals surface area contributed by atoms with Crippen LogP contribution in [0.4, 0.5) is 41.7 Å². The van der Waals surface area contributed by atoms with Crippen LogP contribution < -0.4 is 14.9 Å². The molecule has 2 atom stereocenters. The Bertz CT molecular complexity index is 2810. The van der Waals surface area contributed by atoms with Crippen molar-refractivity contribution in [3.8, 4) is 11.1 Å². The van der Waals surface area contributed by atoms with Crippen LogP contribution >= 0.6 is 11.3 Å². The number of para-hydroxylation sites is 1. The van der Waals surface area contributed by atoms with E-state index in [0.29, 0.717) is 68.5 Å². The summed E-state index contributed by atoms with van der Waals surface area (Å²) >= 11 is 1.29. The number of alkyl halides is 5. The van der Waals surface area contributed by atoms with E-state index in [1.165, 1.54) is 22.9 Å². The fraction of sp³-hybridized carbons (Fsp3) is 0.410. The number of nitrogens with zero attached hydrogens (tertiary/aromatic N) is 7. The summed E-state index contributed by atoms with van der Waals surface area (Å²) in [6.45, 7) is 2.85. The van der Waals surface area contributed by atoms with Gasteiger partial charge in [-0.25, -0.2) is 22.2 Å². The first-order valence-corrected chi connectivity index (χ1v) is 21.7. The fourth-order valence-corrected chi connectivity index (χ4v) is 9.76. The number of hydrogen-bond donors (Lipinski definition) is 3. The van der Waals surface area contributed by atoms with E-state index in [1.54, 1.807) is 38.2 Å². The van der Waals surface area contributed by atoms with Crippen molar-refractivity contribution in [2.45, 2.75) is 75.7 Å². The van der Waals surface area contributed by atoms with Crippen LogP contribution in [-0.4, -0.2) is 73.9 Å². The largest absolute Gasteiger partial charge is 0.435 e. The minimum atomic E-state index is -5.10. The summed E-state index contributed by atoms with van der Waals surface area (Å²) in [6, 6.07) is 8.03. The average Bonchev–Trinajstić information content (AvgIpc) is 3.87. The van der Waals surface area contributed by atoms with Crippen molar-refractivity contribution in [2.75, 3.05) is 29.0 Å². The molecule has 13 nitrogen and oxygen atoms in total. The summed E-state index contributed by atoms with van der Waals surface area (Å²) in [7, 11) is -2.22. The van der Waals surface area contributed by atoms with Gasteiger partial charge in [-0.1, -0.05) is 30.4 Å². The van der Waals surface area contributed by atoms with Gasteiger partial charge in [-0.2, -0.15) is 37.1 Å². The van der Waals surface area contributed by atoms with Crippen molar-refractivity contribution < 1.29 is 49.1 Å². The second kappa shape index (κ2) is 14.9. The van der Waals surface area contributed by atoms with Crippen LogP contribution in [0, 0.1) is 11.6 Å². The molecule has 22 heteroatoms. The molecule has 3 N–H and O–H groups in total. The summed E-state index contributed by atoms with van der Waals surface area (Å²) in [4.78, 5) is 25.7. The van der Waals surface area contributed by atoms with Gasteiger partial charge < -0.3 is 15.3 Å². The number of pyridine rings is 1. The molecule has 4 aromatic heterocycles. The number of nitrogens with one attached hydrogen (secondary N) is 2. The maximum atomic E-state index is 15.3. The summed E-state index contributed by atoms with van der Waals surface area (Å²) in [5, 5.41) is 22.1. The van der Waals surface area contributed by atoms with Crippen LogP contribution in [0.15, 0.2) is 42.5 Å². The van der Waals surface area contributed by atoms with E-state index in [1.807, 2.05) is 4.90 Å². The molecule has 1 saturated heterocycles. The zero-order valence-electron chi connectivity index (χ0n) is 32.9. The number of sulfonamides is 1. The predicted octanol–water partition coefficient (Wildman–Crippen LogP) is 7.16. The number of rotatable bonds is 10. The number of aliphatic hydroxyl groups is 1. The van der Waals surface area contributed by atoms with Gasteiger partial charge in [0.1, 0.15) is 23.9 Å². The number of halogens is 7. The summed E-state index contributed by atoms with van der Waals surface area (Å²) in [5.74, 6) is -7.89. The predicted molar refractivity (Wildman–Crippen MR) is 213 cm³/mol. The number of anilines is 2. The smallest absolute Gasteiger partial charge is 0.390 e. The van der Waals surface area contributed by atoms with Crippen LogP contribution in [0.1, 0.15) is 73.3 Å². The molecule has 1 aliphatic heterocycles. The molecule has 1 unspecified atom stereocenters. The molecule has 5 heterocycles. The van der Waals surface area contributed by atoms with Crippen molar-refractivity contribution >= 4 is 59.5 Å². The highest BCUT2D eigenvalue weighted by Gasteiger charge is 2.53. The number of thiazole rings is 1. The van der Waals surface area contributed by atoms with Gasteiger partial charge in [-0.3, -0.25) is 18.9 Å². The van der Waals surface area contributed by atoms with Gasteiger partial charge >= 0.3 is 6.18 Å². The van der Waals surface area contributed by atoms with Gasteiger partial charge in [0.25, 0.3) is 5.92 Å². The molecular weight excluding hydrogens is 856 g/mol. The van der Waals surface area contributed by atoms with Crippen LogP contribution in [0.3, 0.4) is 0 Å². The molecule has 8 rings (SSSR count). The minimum Gasteiger partial charge on any atom is -0.390 e. The SMILES string of the molecule is C[C@H]1CC(F)(F)c2c1c(C(F)(F)F)nn2CC(=O)NC(Cc1cc(F)cc(F)c1)c1nc2nc(N3CCC(C)(O)CC3)sc2cc1-c1cccc2c(NS(C)(=O)=O)nn(C)c12. The molecule has 1 fully saturated rings. The molecule has 0 spiro atoms. The fourth-order valence-electron chi connectivity index (χ4n) is 8.26. The molecule has 1 amide bonds. The molecule has 0 radical (unpaired) electrons. The zero-order chi connectivity index (χ0) is 44.0. The first-order chi connectivity index (χ1) is 28.5. The Kier molecular flexibility index (Phi) is 10.4. The number of carbonyl (C=O) groups is 1. The van der Waals surface area contributed by atoms with Gasteiger partial charge in [-0.15, -0.1) is 0 Å². The highest BCUT2D eigenvalue weighted by Crippen LogP contribution is 2.52. The van der Waals surface area contributed by atoms with Crippen molar-refractivity contribution in [3.63, 3.8) is 0 Å². The van der Waals surface area contributed by atoms with Crippen molar-refractivity contribution in [3.05, 3.63) is 82.3 Å². The third-order valence-corrected chi connectivity index (χ3v) is 12.5. The second-order valence-electron chi connectivity index (χ2n) is 15.9. The maximum Gasteiger partial charge on any atom is 0.435 e. The van der Waals surface area contributed by atoms with E-state index < -0.39 is 87.1 Å². The zero-order valence-corrected chi connectivity index (χ0v) is 34.5.